The van der Waals surface area contributed by atoms with Crippen molar-refractivity contribution in [3.8, 4) is 5.75 Å². The van der Waals surface area contributed by atoms with Crippen molar-refractivity contribution in [2.24, 2.45) is 5.73 Å². The van der Waals surface area contributed by atoms with Gasteiger partial charge in [-0.2, -0.15) is 4.98 Å². The fourth-order valence-corrected chi connectivity index (χ4v) is 6.79. The maximum absolute atomic E-state index is 13.2. The van der Waals surface area contributed by atoms with Crippen molar-refractivity contribution >= 4 is 40.9 Å². The third-order valence-corrected chi connectivity index (χ3v) is 9.64. The zero-order valence-electron chi connectivity index (χ0n) is 27.7. The van der Waals surface area contributed by atoms with E-state index in [1.54, 1.807) is 50.4 Å². The molecule has 1 aromatic heterocycles. The van der Waals surface area contributed by atoms with E-state index in [4.69, 9.17) is 20.2 Å². The van der Waals surface area contributed by atoms with Crippen LogP contribution in [0.25, 0.3) is 0 Å². The van der Waals surface area contributed by atoms with Gasteiger partial charge in [-0.25, -0.2) is 4.98 Å². The third kappa shape index (κ3) is 7.05. The molecule has 46 heavy (non-hydrogen) atoms. The van der Waals surface area contributed by atoms with E-state index in [0.717, 1.165) is 57.4 Å². The third-order valence-electron chi connectivity index (χ3n) is 9.64. The van der Waals surface area contributed by atoms with Crippen molar-refractivity contribution in [3.63, 3.8) is 0 Å². The number of esters is 1. The Morgan fingerprint density at radius 2 is 1.85 bits per heavy atom. The largest absolute Gasteiger partial charge is 0.495 e. The molecule has 3 aliphatic rings. The summed E-state index contributed by atoms with van der Waals surface area (Å²) in [6.07, 6.45) is 8.89. The molecule has 250 valence electrons. The first-order chi connectivity index (χ1) is 22.1. The molecule has 2 aromatic rings. The van der Waals surface area contributed by atoms with Crippen LogP contribution in [0.15, 0.2) is 24.4 Å². The summed E-state index contributed by atoms with van der Waals surface area (Å²) in [5.41, 5.74) is 6.91. The monoisotopic (exact) mass is 636 g/mol. The topological polar surface area (TPSA) is 155 Å². The highest BCUT2D eigenvalue weighted by Crippen LogP contribution is 2.40. The standard InChI is InChI=1S/C33H48N8O5/c1-6-25-30(43)39(3)26-20-35-32(38-28(26)41(25)23-9-7-8-10-23)37-24-12-11-21(19-27(24)45-4)29(42)36-22-13-16-40(17-14-22)18-15-33(2,34)31(44)46-5/h11-12,19-20,22-23,25H,6-10,13-18,34H2,1-5H3,(H,36,42)(H,35,37,38)/t25-,33+/m1/s1. The average Bonchev–Trinajstić information content (AvgIpc) is 3.60. The second kappa shape index (κ2) is 14.2. The molecule has 0 radical (unpaired) electrons. The number of nitrogens with one attached hydrogen (secondary N) is 2. The van der Waals surface area contributed by atoms with E-state index in [1.807, 2.05) is 6.92 Å². The molecule has 2 amide bonds. The van der Waals surface area contributed by atoms with Gasteiger partial charge in [0.05, 0.1) is 26.1 Å². The van der Waals surface area contributed by atoms with Crippen LogP contribution in [0.3, 0.4) is 0 Å². The van der Waals surface area contributed by atoms with Crippen molar-refractivity contribution in [2.75, 3.05) is 56.0 Å². The molecule has 0 unspecified atom stereocenters. The minimum Gasteiger partial charge on any atom is -0.495 e. The van der Waals surface area contributed by atoms with Crippen LogP contribution in [0.2, 0.25) is 0 Å². The summed E-state index contributed by atoms with van der Waals surface area (Å²) in [7, 11) is 4.69. The Labute approximate surface area is 271 Å². The fraction of sp³-hybridized carbons (Fsp3) is 0.606. The van der Waals surface area contributed by atoms with Crippen LogP contribution in [0.4, 0.5) is 23.1 Å². The number of aromatic nitrogens is 2. The lowest BCUT2D eigenvalue weighted by molar-refractivity contribution is -0.146. The summed E-state index contributed by atoms with van der Waals surface area (Å²) >= 11 is 0. The van der Waals surface area contributed by atoms with Crippen LogP contribution in [0.1, 0.15) is 75.6 Å². The van der Waals surface area contributed by atoms with Gasteiger partial charge < -0.3 is 40.5 Å². The molecular formula is C33H48N8O5. The number of likely N-dealkylation sites (N-methyl/N-ethyl adjacent to an activating group) is 1. The molecule has 1 aliphatic carbocycles. The molecule has 0 bridgehead atoms. The first-order valence-corrected chi connectivity index (χ1v) is 16.3. The lowest BCUT2D eigenvalue weighted by Gasteiger charge is -2.43. The second-order valence-corrected chi connectivity index (χ2v) is 12.9. The quantitative estimate of drug-likeness (QED) is 0.312. The number of carbonyl (C=O) groups is 3. The number of amides is 2. The van der Waals surface area contributed by atoms with Gasteiger partial charge in [-0.05, 0) is 63.6 Å². The molecule has 3 heterocycles. The number of benzene rings is 1. The van der Waals surface area contributed by atoms with Crippen molar-refractivity contribution < 1.29 is 23.9 Å². The molecule has 5 rings (SSSR count). The Balaban J connectivity index is 1.23. The van der Waals surface area contributed by atoms with E-state index in [1.165, 1.54) is 7.11 Å². The lowest BCUT2D eigenvalue weighted by atomic mass is 9.97. The number of nitrogens with zero attached hydrogens (tertiary/aromatic N) is 5. The number of nitrogens with two attached hydrogens (primary N) is 1. The first-order valence-electron chi connectivity index (χ1n) is 16.3. The molecule has 13 heteroatoms. The zero-order chi connectivity index (χ0) is 33.0. The van der Waals surface area contributed by atoms with Gasteiger partial charge in [-0.1, -0.05) is 19.8 Å². The number of likely N-dealkylation sites (tertiary alicyclic amines) is 1. The predicted molar refractivity (Wildman–Crippen MR) is 177 cm³/mol. The molecule has 13 nitrogen and oxygen atoms in total. The van der Waals surface area contributed by atoms with Gasteiger partial charge in [0.2, 0.25) is 11.9 Å². The first kappa shape index (κ1) is 33.4. The number of piperidine rings is 1. The predicted octanol–water partition coefficient (Wildman–Crippen LogP) is 3.21. The summed E-state index contributed by atoms with van der Waals surface area (Å²) < 4.78 is 10.5. The minimum atomic E-state index is -1.02. The molecule has 2 aliphatic heterocycles. The van der Waals surface area contributed by atoms with Gasteiger partial charge in [-0.15, -0.1) is 0 Å². The summed E-state index contributed by atoms with van der Waals surface area (Å²) in [5.74, 6) is 1.14. The molecular weight excluding hydrogens is 588 g/mol. The van der Waals surface area contributed by atoms with Gasteiger partial charge in [0, 0.05) is 44.3 Å². The second-order valence-electron chi connectivity index (χ2n) is 12.9. The highest BCUT2D eigenvalue weighted by molar-refractivity contribution is 6.04. The number of rotatable bonds is 11. The smallest absolute Gasteiger partial charge is 0.325 e. The van der Waals surface area contributed by atoms with Gasteiger partial charge in [-0.3, -0.25) is 14.4 Å². The maximum atomic E-state index is 13.2. The average molecular weight is 637 g/mol. The molecule has 2 atom stereocenters. The van der Waals surface area contributed by atoms with E-state index in [0.29, 0.717) is 48.0 Å². The molecule has 2 fully saturated rings. The summed E-state index contributed by atoms with van der Waals surface area (Å²) in [5, 5.41) is 6.43. The molecule has 1 saturated heterocycles. The van der Waals surface area contributed by atoms with Crippen LogP contribution >= 0.6 is 0 Å². The van der Waals surface area contributed by atoms with E-state index in [9.17, 15) is 14.4 Å². The number of ether oxygens (including phenoxy) is 2. The molecule has 4 N–H and O–H groups in total. The van der Waals surface area contributed by atoms with Crippen molar-refractivity contribution in [1.29, 1.82) is 0 Å². The van der Waals surface area contributed by atoms with E-state index in [2.05, 4.69) is 25.4 Å². The minimum absolute atomic E-state index is 0.0427. The van der Waals surface area contributed by atoms with Crippen LogP contribution in [-0.2, 0) is 14.3 Å². The van der Waals surface area contributed by atoms with Gasteiger partial charge in [0.25, 0.3) is 5.91 Å². The number of anilines is 4. The van der Waals surface area contributed by atoms with Crippen LogP contribution in [0.5, 0.6) is 5.75 Å². The van der Waals surface area contributed by atoms with Gasteiger partial charge in [0.1, 0.15) is 23.0 Å². The SMILES string of the molecule is CC[C@@H]1C(=O)N(C)c2cnc(Nc3ccc(C(=O)NC4CCN(CC[C@](C)(N)C(=O)OC)CC4)cc3OC)nc2N1C1CCCC1. The number of fused-ring (bicyclic) bond motifs is 1. The van der Waals surface area contributed by atoms with Crippen molar-refractivity contribution in [2.45, 2.75) is 88.9 Å². The van der Waals surface area contributed by atoms with Gasteiger partial charge >= 0.3 is 5.97 Å². The van der Waals surface area contributed by atoms with E-state index < -0.39 is 11.5 Å². The normalized spacial score (nSPS) is 20.7. The Bertz CT molecular complexity index is 1420. The van der Waals surface area contributed by atoms with Crippen molar-refractivity contribution in [3.05, 3.63) is 30.0 Å². The lowest BCUT2D eigenvalue weighted by Crippen LogP contribution is -2.55. The van der Waals surface area contributed by atoms with Crippen LogP contribution < -0.4 is 30.9 Å². The number of hydrogen-bond donors (Lipinski definition) is 3. The number of hydrogen-bond acceptors (Lipinski definition) is 11. The Hall–Kier alpha value is -3.97. The summed E-state index contributed by atoms with van der Waals surface area (Å²) in [4.78, 5) is 53.9. The Morgan fingerprint density at radius 1 is 1.13 bits per heavy atom. The highest BCUT2D eigenvalue weighted by atomic mass is 16.5. The molecule has 1 aromatic carbocycles. The molecule has 1 saturated carbocycles. The van der Waals surface area contributed by atoms with E-state index >= 15 is 0 Å². The number of methoxy groups -OCH3 is 2. The number of carbonyl (C=O) groups excluding carboxylic acids is 3. The van der Waals surface area contributed by atoms with Crippen molar-refractivity contribution in [1.82, 2.24) is 20.2 Å². The zero-order valence-corrected chi connectivity index (χ0v) is 27.7. The maximum Gasteiger partial charge on any atom is 0.325 e. The van der Waals surface area contributed by atoms with Crippen LogP contribution in [-0.4, -0.2) is 97.2 Å². The summed E-state index contributed by atoms with van der Waals surface area (Å²) in [6.45, 7) is 6.03. The summed E-state index contributed by atoms with van der Waals surface area (Å²) in [6, 6.07) is 5.33. The Kier molecular flexibility index (Phi) is 10.3. The van der Waals surface area contributed by atoms with E-state index in [-0.39, 0.29) is 29.9 Å². The Morgan fingerprint density at radius 3 is 2.50 bits per heavy atom. The highest BCUT2D eigenvalue weighted by Gasteiger charge is 2.41. The van der Waals surface area contributed by atoms with Gasteiger partial charge in [0.15, 0.2) is 5.82 Å². The van der Waals surface area contributed by atoms with Crippen LogP contribution in [0, 0.1) is 0 Å². The molecule has 0 spiro atoms. The fourth-order valence-electron chi connectivity index (χ4n) is 6.79.